The molecule has 5 heteroatoms. The molecule has 0 aromatic rings. The molecule has 2 atom stereocenters. The summed E-state index contributed by atoms with van der Waals surface area (Å²) < 4.78 is 0. The summed E-state index contributed by atoms with van der Waals surface area (Å²) in [7, 11) is 0. The Hall–Kier alpha value is -0.650. The van der Waals surface area contributed by atoms with Gasteiger partial charge >= 0.3 is 5.97 Å². The Bertz CT molecular complexity index is 285. The van der Waals surface area contributed by atoms with E-state index in [0.29, 0.717) is 19.1 Å². The molecule has 2 N–H and O–H groups in total. The lowest BCUT2D eigenvalue weighted by atomic mass is 10.2. The third-order valence-corrected chi connectivity index (χ3v) is 4.08. The van der Waals surface area contributed by atoms with Crippen molar-refractivity contribution in [2.45, 2.75) is 38.3 Å². The lowest BCUT2D eigenvalue weighted by Gasteiger charge is -2.27. The number of rotatable bonds is 5. The zero-order valence-electron chi connectivity index (χ0n) is 11.3. The van der Waals surface area contributed by atoms with Crippen LogP contribution >= 0.6 is 0 Å². The molecule has 0 spiro atoms. The van der Waals surface area contributed by atoms with Crippen molar-refractivity contribution in [3.05, 3.63) is 0 Å². The number of hydrogen-bond donors (Lipinski definition) is 2. The first-order valence-electron chi connectivity index (χ1n) is 7.13. The average molecular weight is 255 g/mol. The van der Waals surface area contributed by atoms with Crippen LogP contribution in [0.25, 0.3) is 0 Å². The van der Waals surface area contributed by atoms with Gasteiger partial charge in [0, 0.05) is 19.1 Å². The summed E-state index contributed by atoms with van der Waals surface area (Å²) in [5.74, 6) is -0.732. The van der Waals surface area contributed by atoms with Crippen LogP contribution in [0, 0.1) is 0 Å². The first kappa shape index (κ1) is 13.8. The van der Waals surface area contributed by atoms with Crippen molar-refractivity contribution < 1.29 is 9.90 Å². The maximum Gasteiger partial charge on any atom is 0.322 e. The highest BCUT2D eigenvalue weighted by molar-refractivity contribution is 5.73. The third-order valence-electron chi connectivity index (χ3n) is 4.08. The molecule has 2 saturated heterocycles. The van der Waals surface area contributed by atoms with E-state index in [1.54, 1.807) is 0 Å². The van der Waals surface area contributed by atoms with Crippen LogP contribution in [-0.4, -0.2) is 72.2 Å². The van der Waals surface area contributed by atoms with Gasteiger partial charge in [-0.1, -0.05) is 6.92 Å². The van der Waals surface area contributed by atoms with Crippen molar-refractivity contribution in [1.29, 1.82) is 0 Å². The van der Waals surface area contributed by atoms with Crippen LogP contribution < -0.4 is 5.32 Å². The van der Waals surface area contributed by atoms with Gasteiger partial charge < -0.3 is 10.4 Å². The quantitative estimate of drug-likeness (QED) is 0.736. The molecule has 2 heterocycles. The first-order valence-corrected chi connectivity index (χ1v) is 7.13. The normalized spacial score (nSPS) is 27.7. The van der Waals surface area contributed by atoms with Crippen LogP contribution in [0.5, 0.6) is 0 Å². The minimum absolute atomic E-state index is 0.428. The van der Waals surface area contributed by atoms with Gasteiger partial charge in [-0.15, -0.1) is 0 Å². The largest absolute Gasteiger partial charge is 0.480 e. The molecule has 0 aromatic carbocycles. The van der Waals surface area contributed by atoms with Crippen molar-refractivity contribution in [3.63, 3.8) is 0 Å². The number of nitrogens with zero attached hydrogens (tertiary/aromatic N) is 2. The highest BCUT2D eigenvalue weighted by atomic mass is 16.4. The number of carbonyl (C=O) groups is 1. The second kappa shape index (κ2) is 6.50. The summed E-state index contributed by atoms with van der Waals surface area (Å²) in [6.07, 6.45) is 3.73. The summed E-state index contributed by atoms with van der Waals surface area (Å²) >= 11 is 0. The van der Waals surface area contributed by atoms with E-state index < -0.39 is 12.0 Å². The van der Waals surface area contributed by atoms with Crippen LogP contribution in [0.1, 0.15) is 26.2 Å². The van der Waals surface area contributed by atoms with Crippen LogP contribution in [0.4, 0.5) is 0 Å². The van der Waals surface area contributed by atoms with Gasteiger partial charge in [0.2, 0.25) is 0 Å². The Morgan fingerprint density at radius 1 is 1.39 bits per heavy atom. The van der Waals surface area contributed by atoms with E-state index in [1.807, 2.05) is 6.92 Å². The number of nitrogens with one attached hydrogen (secondary N) is 1. The molecule has 0 saturated carbocycles. The number of aliphatic carboxylic acids is 1. The van der Waals surface area contributed by atoms with Gasteiger partial charge in [-0.05, 0) is 45.4 Å². The van der Waals surface area contributed by atoms with Gasteiger partial charge in [0.25, 0.3) is 0 Å². The maximum absolute atomic E-state index is 11.2. The topological polar surface area (TPSA) is 55.8 Å². The Kier molecular flexibility index (Phi) is 4.97. The molecule has 2 rings (SSSR count). The maximum atomic E-state index is 11.2. The fraction of sp³-hybridized carbons (Fsp3) is 0.923. The minimum atomic E-state index is -0.732. The summed E-state index contributed by atoms with van der Waals surface area (Å²) in [6, 6.07) is 0.228. The van der Waals surface area contributed by atoms with Crippen molar-refractivity contribution >= 4 is 5.97 Å². The first-order chi connectivity index (χ1) is 8.70. The molecular formula is C13H25N3O2. The van der Waals surface area contributed by atoms with E-state index in [1.165, 1.54) is 25.9 Å². The number of fused-ring (bicyclic) bond motifs is 1. The van der Waals surface area contributed by atoms with E-state index in [2.05, 4.69) is 15.1 Å². The Morgan fingerprint density at radius 3 is 2.89 bits per heavy atom. The molecule has 0 amide bonds. The number of carboxylic acids is 1. The summed E-state index contributed by atoms with van der Waals surface area (Å²) in [5, 5.41) is 12.2. The van der Waals surface area contributed by atoms with Crippen molar-refractivity contribution in [2.75, 3.05) is 39.3 Å². The molecule has 0 radical (unpaired) electrons. The lowest BCUT2D eigenvalue weighted by Crippen LogP contribution is -2.48. The smallest absolute Gasteiger partial charge is 0.322 e. The fourth-order valence-electron chi connectivity index (χ4n) is 3.18. The van der Waals surface area contributed by atoms with Crippen LogP contribution in [0.15, 0.2) is 0 Å². The molecule has 2 unspecified atom stereocenters. The number of carboxylic acid groups (broad SMARTS) is 1. The molecule has 0 bridgehead atoms. The van der Waals surface area contributed by atoms with E-state index in [-0.39, 0.29) is 0 Å². The monoisotopic (exact) mass is 255 g/mol. The molecular weight excluding hydrogens is 230 g/mol. The highest BCUT2D eigenvalue weighted by Crippen LogP contribution is 2.21. The second-order valence-corrected chi connectivity index (χ2v) is 5.39. The summed E-state index contributed by atoms with van der Waals surface area (Å²) in [6.45, 7) is 7.77. The van der Waals surface area contributed by atoms with Crippen LogP contribution in [0.2, 0.25) is 0 Å². The summed E-state index contributed by atoms with van der Waals surface area (Å²) in [5.41, 5.74) is 0. The van der Waals surface area contributed by atoms with E-state index in [0.717, 1.165) is 19.5 Å². The molecule has 0 aliphatic carbocycles. The zero-order chi connectivity index (χ0) is 13.0. The SMILES string of the molecule is CCNC(CN1CCCN2CCCC2C1)C(=O)O. The molecule has 2 fully saturated rings. The highest BCUT2D eigenvalue weighted by Gasteiger charge is 2.30. The molecule has 104 valence electrons. The van der Waals surface area contributed by atoms with Crippen LogP contribution in [-0.2, 0) is 4.79 Å². The Morgan fingerprint density at radius 2 is 2.17 bits per heavy atom. The Labute approximate surface area is 109 Å². The summed E-state index contributed by atoms with van der Waals surface area (Å²) in [4.78, 5) is 16.1. The van der Waals surface area contributed by atoms with E-state index in [9.17, 15) is 9.90 Å². The van der Waals surface area contributed by atoms with Gasteiger partial charge in [0.05, 0.1) is 0 Å². The van der Waals surface area contributed by atoms with E-state index >= 15 is 0 Å². The van der Waals surface area contributed by atoms with Gasteiger partial charge in [0.1, 0.15) is 6.04 Å². The van der Waals surface area contributed by atoms with Crippen molar-refractivity contribution in [2.24, 2.45) is 0 Å². The zero-order valence-corrected chi connectivity index (χ0v) is 11.3. The lowest BCUT2D eigenvalue weighted by molar-refractivity contribution is -0.140. The third kappa shape index (κ3) is 3.43. The second-order valence-electron chi connectivity index (χ2n) is 5.39. The average Bonchev–Trinajstić information content (AvgIpc) is 2.67. The van der Waals surface area contributed by atoms with Gasteiger partial charge in [-0.2, -0.15) is 0 Å². The van der Waals surface area contributed by atoms with Gasteiger partial charge in [-0.3, -0.25) is 14.6 Å². The standard InChI is InChI=1S/C13H25N3O2/c1-2-14-12(13(17)18)10-15-6-4-8-16-7-3-5-11(16)9-15/h11-12,14H,2-10H2,1H3,(H,17,18). The molecule has 2 aliphatic rings. The van der Waals surface area contributed by atoms with Crippen LogP contribution in [0.3, 0.4) is 0 Å². The van der Waals surface area contributed by atoms with Gasteiger partial charge in [-0.25, -0.2) is 0 Å². The molecule has 18 heavy (non-hydrogen) atoms. The Balaban J connectivity index is 1.89. The minimum Gasteiger partial charge on any atom is -0.480 e. The predicted octanol–water partition coefficient (Wildman–Crippen LogP) is 0.219. The van der Waals surface area contributed by atoms with Gasteiger partial charge in [0.15, 0.2) is 0 Å². The number of likely N-dealkylation sites (N-methyl/N-ethyl adjacent to an activating group) is 1. The molecule has 5 nitrogen and oxygen atoms in total. The molecule has 2 aliphatic heterocycles. The van der Waals surface area contributed by atoms with Crippen molar-refractivity contribution in [3.8, 4) is 0 Å². The number of hydrogen-bond acceptors (Lipinski definition) is 4. The predicted molar refractivity (Wildman–Crippen MR) is 70.8 cm³/mol. The van der Waals surface area contributed by atoms with E-state index in [4.69, 9.17) is 0 Å². The molecule has 0 aromatic heterocycles. The fourth-order valence-corrected chi connectivity index (χ4v) is 3.18. The van der Waals surface area contributed by atoms with Crippen molar-refractivity contribution in [1.82, 2.24) is 15.1 Å².